The van der Waals surface area contributed by atoms with Crippen LogP contribution in [0.2, 0.25) is 0 Å². The smallest absolute Gasteiger partial charge is 0.251 e. The lowest BCUT2D eigenvalue weighted by atomic mass is 10.0. The van der Waals surface area contributed by atoms with E-state index < -0.39 is 0 Å². The fraction of sp³-hybridized carbons (Fsp3) is 0.941. The zero-order valence-corrected chi connectivity index (χ0v) is 14.4. The number of ether oxygens (including phenoxy) is 3. The second kappa shape index (κ2) is 7.92. The van der Waals surface area contributed by atoms with E-state index in [0.29, 0.717) is 18.6 Å². The van der Waals surface area contributed by atoms with Crippen molar-refractivity contribution in [3.63, 3.8) is 0 Å². The molecule has 0 radical (unpaired) electrons. The summed E-state index contributed by atoms with van der Waals surface area (Å²) in [7, 11) is 0. The molecule has 0 unspecified atom stereocenters. The van der Waals surface area contributed by atoms with Crippen LogP contribution in [0.5, 0.6) is 0 Å². The molecule has 3 rings (SSSR count). The normalized spacial score (nSPS) is 34.0. The molecule has 3 saturated heterocycles. The topological polar surface area (TPSA) is 51.2 Å². The molecule has 0 aromatic heterocycles. The highest BCUT2D eigenvalue weighted by Crippen LogP contribution is 2.24. The summed E-state index contributed by atoms with van der Waals surface area (Å²) in [6, 6.07) is 0.452. The number of rotatable bonds is 5. The summed E-state index contributed by atoms with van der Waals surface area (Å²) in [6.45, 7) is 10.7. The minimum Gasteiger partial charge on any atom is -0.379 e. The Balaban J connectivity index is 1.47. The van der Waals surface area contributed by atoms with Gasteiger partial charge in [0.25, 0.3) is 5.91 Å². The van der Waals surface area contributed by atoms with Gasteiger partial charge in [0, 0.05) is 38.8 Å². The van der Waals surface area contributed by atoms with Gasteiger partial charge < -0.3 is 19.1 Å². The minimum atomic E-state index is -0.380. The second-order valence-electron chi connectivity index (χ2n) is 7.05. The van der Waals surface area contributed by atoms with Crippen molar-refractivity contribution in [1.82, 2.24) is 9.80 Å². The van der Waals surface area contributed by atoms with Crippen LogP contribution in [0.25, 0.3) is 0 Å². The molecular weight excluding hydrogens is 296 g/mol. The van der Waals surface area contributed by atoms with Gasteiger partial charge in [-0.3, -0.25) is 9.69 Å². The van der Waals surface area contributed by atoms with Crippen LogP contribution < -0.4 is 0 Å². The highest BCUT2D eigenvalue weighted by atomic mass is 16.5. The molecule has 6 nitrogen and oxygen atoms in total. The van der Waals surface area contributed by atoms with Crippen molar-refractivity contribution in [1.29, 1.82) is 0 Å². The van der Waals surface area contributed by atoms with Gasteiger partial charge in [-0.15, -0.1) is 0 Å². The van der Waals surface area contributed by atoms with Gasteiger partial charge in [-0.2, -0.15) is 0 Å². The van der Waals surface area contributed by atoms with Crippen LogP contribution in [0.1, 0.15) is 26.7 Å². The maximum Gasteiger partial charge on any atom is 0.251 e. The molecule has 23 heavy (non-hydrogen) atoms. The van der Waals surface area contributed by atoms with Crippen LogP contribution in [0.15, 0.2) is 0 Å². The third-order valence-electron chi connectivity index (χ3n) is 5.30. The van der Waals surface area contributed by atoms with E-state index in [1.807, 2.05) is 11.8 Å². The predicted octanol–water partition coefficient (Wildman–Crippen LogP) is 0.750. The van der Waals surface area contributed by atoms with Crippen LogP contribution >= 0.6 is 0 Å². The molecule has 3 aliphatic rings. The van der Waals surface area contributed by atoms with Crippen molar-refractivity contribution in [2.24, 2.45) is 5.92 Å². The first-order valence-electron chi connectivity index (χ1n) is 8.99. The molecule has 3 aliphatic heterocycles. The van der Waals surface area contributed by atoms with Crippen molar-refractivity contribution in [3.05, 3.63) is 0 Å². The summed E-state index contributed by atoms with van der Waals surface area (Å²) < 4.78 is 16.8. The minimum absolute atomic E-state index is 0.116. The Morgan fingerprint density at radius 2 is 2.04 bits per heavy atom. The average Bonchev–Trinajstić information content (AvgIpc) is 3.22. The Kier molecular flexibility index (Phi) is 5.91. The van der Waals surface area contributed by atoms with Crippen LogP contribution in [0.3, 0.4) is 0 Å². The summed E-state index contributed by atoms with van der Waals surface area (Å²) in [5.74, 6) is 0.619. The molecule has 4 atom stereocenters. The number of morpholine rings is 1. The van der Waals surface area contributed by atoms with Crippen molar-refractivity contribution < 1.29 is 19.0 Å². The van der Waals surface area contributed by atoms with Crippen molar-refractivity contribution in [3.8, 4) is 0 Å². The fourth-order valence-corrected chi connectivity index (χ4v) is 3.87. The predicted molar refractivity (Wildman–Crippen MR) is 86.3 cm³/mol. The van der Waals surface area contributed by atoms with Gasteiger partial charge in [0.1, 0.15) is 6.10 Å². The van der Waals surface area contributed by atoms with E-state index in [4.69, 9.17) is 14.2 Å². The first-order chi connectivity index (χ1) is 11.1. The molecule has 6 heteroatoms. The number of likely N-dealkylation sites (tertiary alicyclic amines) is 1. The molecular formula is C17H30N2O4. The highest BCUT2D eigenvalue weighted by molar-refractivity contribution is 5.80. The summed E-state index contributed by atoms with van der Waals surface area (Å²) in [4.78, 5) is 17.1. The van der Waals surface area contributed by atoms with Crippen molar-refractivity contribution >= 4 is 5.91 Å². The average molecular weight is 326 g/mol. The number of nitrogens with zero attached hydrogens (tertiary/aromatic N) is 2. The first kappa shape index (κ1) is 17.1. The Bertz CT molecular complexity index is 394. The number of hydrogen-bond donors (Lipinski definition) is 0. The quantitative estimate of drug-likeness (QED) is 0.746. The SMILES string of the molecule is C[C@H](OC[C@@H]1CCCO1)C(=O)N1C[C@@H](C)[C@H](N2CCOCC2)C1. The molecule has 0 aromatic rings. The standard InChI is InChI=1S/C17H30N2O4/c1-13-10-19(11-16(13)18-5-8-21-9-6-18)17(20)14(2)23-12-15-4-3-7-22-15/h13-16H,3-12H2,1-2H3/t13-,14+,15+,16-/m1/s1. The molecule has 1 amide bonds. The largest absolute Gasteiger partial charge is 0.379 e. The summed E-state index contributed by atoms with van der Waals surface area (Å²) in [5, 5.41) is 0. The zero-order chi connectivity index (χ0) is 16.2. The van der Waals surface area contributed by atoms with Gasteiger partial charge in [-0.05, 0) is 25.7 Å². The summed E-state index contributed by atoms with van der Waals surface area (Å²) in [5.41, 5.74) is 0. The lowest BCUT2D eigenvalue weighted by molar-refractivity contribution is -0.143. The third-order valence-corrected chi connectivity index (χ3v) is 5.30. The molecule has 0 bridgehead atoms. The lowest BCUT2D eigenvalue weighted by Crippen LogP contribution is -2.47. The molecule has 0 N–H and O–H groups in total. The fourth-order valence-electron chi connectivity index (χ4n) is 3.87. The molecule has 0 aliphatic carbocycles. The van der Waals surface area contributed by atoms with Gasteiger partial charge >= 0.3 is 0 Å². The monoisotopic (exact) mass is 326 g/mol. The van der Waals surface area contributed by atoms with E-state index in [-0.39, 0.29) is 18.1 Å². The molecule has 3 fully saturated rings. The Morgan fingerprint density at radius 1 is 1.26 bits per heavy atom. The molecule has 0 spiro atoms. The van der Waals surface area contributed by atoms with Gasteiger partial charge in [-0.1, -0.05) is 6.92 Å². The van der Waals surface area contributed by atoms with Crippen molar-refractivity contribution in [2.45, 2.75) is 44.9 Å². The maximum atomic E-state index is 12.6. The van der Waals surface area contributed by atoms with Gasteiger partial charge in [0.05, 0.1) is 25.9 Å². The van der Waals surface area contributed by atoms with Gasteiger partial charge in [0.2, 0.25) is 0 Å². The third kappa shape index (κ3) is 4.24. The van der Waals surface area contributed by atoms with Crippen LogP contribution in [-0.4, -0.2) is 86.6 Å². The van der Waals surface area contributed by atoms with E-state index in [2.05, 4.69) is 11.8 Å². The number of carbonyl (C=O) groups is 1. The maximum absolute atomic E-state index is 12.6. The molecule has 0 saturated carbocycles. The van der Waals surface area contributed by atoms with Crippen LogP contribution in [0.4, 0.5) is 0 Å². The summed E-state index contributed by atoms with van der Waals surface area (Å²) in [6.07, 6.45) is 1.93. The highest BCUT2D eigenvalue weighted by Gasteiger charge is 2.38. The van der Waals surface area contributed by atoms with Gasteiger partial charge in [0.15, 0.2) is 0 Å². The van der Waals surface area contributed by atoms with Crippen LogP contribution in [-0.2, 0) is 19.0 Å². The number of carbonyl (C=O) groups excluding carboxylic acids is 1. The summed E-state index contributed by atoms with van der Waals surface area (Å²) >= 11 is 0. The van der Waals surface area contributed by atoms with Crippen LogP contribution in [0, 0.1) is 5.92 Å². The van der Waals surface area contributed by atoms with E-state index >= 15 is 0 Å². The molecule has 0 aromatic carbocycles. The van der Waals surface area contributed by atoms with Gasteiger partial charge in [-0.25, -0.2) is 0 Å². The Hall–Kier alpha value is -0.690. The van der Waals surface area contributed by atoms with E-state index in [1.54, 1.807) is 0 Å². The van der Waals surface area contributed by atoms with Crippen molar-refractivity contribution in [2.75, 3.05) is 52.6 Å². The Morgan fingerprint density at radius 3 is 2.74 bits per heavy atom. The van der Waals surface area contributed by atoms with E-state index in [9.17, 15) is 4.79 Å². The Labute approximate surface area is 139 Å². The first-order valence-corrected chi connectivity index (χ1v) is 8.99. The molecule has 132 valence electrons. The second-order valence-corrected chi connectivity index (χ2v) is 7.05. The van der Waals surface area contributed by atoms with E-state index in [1.165, 1.54) is 0 Å². The zero-order valence-electron chi connectivity index (χ0n) is 14.4. The number of amides is 1. The molecule has 3 heterocycles. The van der Waals surface area contributed by atoms with E-state index in [0.717, 1.165) is 58.8 Å². The number of hydrogen-bond acceptors (Lipinski definition) is 5. The lowest BCUT2D eigenvalue weighted by Gasteiger charge is -2.34.